The number of hydrogen-bond acceptors (Lipinski definition) is 3. The van der Waals surface area contributed by atoms with Crippen LogP contribution < -0.4 is 10.5 Å². The molecule has 0 fully saturated rings. The Morgan fingerprint density at radius 2 is 2.19 bits per heavy atom. The van der Waals surface area contributed by atoms with Crippen molar-refractivity contribution in [2.75, 3.05) is 7.11 Å². The number of benzene rings is 1. The Kier molecular flexibility index (Phi) is 3.55. The Morgan fingerprint density at radius 1 is 1.56 bits per heavy atom. The average Bonchev–Trinajstić information content (AvgIpc) is 2.27. The first-order chi connectivity index (χ1) is 7.39. The van der Waals surface area contributed by atoms with Gasteiger partial charge < -0.3 is 15.6 Å². The van der Waals surface area contributed by atoms with Crippen LogP contribution in [0.15, 0.2) is 24.3 Å². The molecule has 0 aliphatic rings. The predicted molar refractivity (Wildman–Crippen MR) is 61.6 cm³/mol. The molecule has 3 N–H and O–H groups in total. The summed E-state index contributed by atoms with van der Waals surface area (Å²) in [4.78, 5) is 11.0. The second kappa shape index (κ2) is 4.53. The van der Waals surface area contributed by atoms with E-state index in [1.165, 1.54) is 6.92 Å². The monoisotopic (exact) mass is 223 g/mol. The summed E-state index contributed by atoms with van der Waals surface area (Å²) in [6, 6.07) is 7.29. The van der Waals surface area contributed by atoms with E-state index in [1.54, 1.807) is 20.1 Å². The highest BCUT2D eigenvalue weighted by atomic mass is 16.5. The van der Waals surface area contributed by atoms with Gasteiger partial charge in [-0.2, -0.15) is 0 Å². The van der Waals surface area contributed by atoms with E-state index >= 15 is 0 Å². The molecule has 0 aliphatic carbocycles. The van der Waals surface area contributed by atoms with E-state index < -0.39 is 11.5 Å². The van der Waals surface area contributed by atoms with Crippen LogP contribution in [0.2, 0.25) is 0 Å². The predicted octanol–water partition coefficient (Wildman–Crippen LogP) is 1.60. The number of ether oxygens (including phenoxy) is 1. The highest BCUT2D eigenvalue weighted by Crippen LogP contribution is 2.28. The maximum atomic E-state index is 11.0. The van der Waals surface area contributed by atoms with Crippen LogP contribution in [0.5, 0.6) is 5.75 Å². The van der Waals surface area contributed by atoms with Crippen molar-refractivity contribution >= 4 is 5.97 Å². The molecule has 1 aromatic carbocycles. The molecule has 4 heteroatoms. The molecular formula is C12H17NO3. The maximum absolute atomic E-state index is 11.0. The van der Waals surface area contributed by atoms with Crippen molar-refractivity contribution in [3.05, 3.63) is 29.8 Å². The van der Waals surface area contributed by atoms with Crippen LogP contribution in [0.1, 0.15) is 25.3 Å². The number of nitrogens with two attached hydrogens (primary N) is 1. The van der Waals surface area contributed by atoms with Gasteiger partial charge in [0.05, 0.1) is 7.11 Å². The van der Waals surface area contributed by atoms with Gasteiger partial charge in [-0.25, -0.2) is 0 Å². The van der Waals surface area contributed by atoms with Gasteiger partial charge in [0.25, 0.3) is 0 Å². The fourth-order valence-corrected chi connectivity index (χ4v) is 1.44. The summed E-state index contributed by atoms with van der Waals surface area (Å²) in [6.45, 7) is 3.31. The minimum Gasteiger partial charge on any atom is -0.497 e. The Bertz CT molecular complexity index is 388. The van der Waals surface area contributed by atoms with Crippen LogP contribution in [0, 0.1) is 0 Å². The first-order valence-electron chi connectivity index (χ1n) is 5.05. The fourth-order valence-electron chi connectivity index (χ4n) is 1.44. The SMILES string of the molecule is COc1cccc(C(C)C(C)(N)C(=O)O)c1. The molecule has 1 aromatic rings. The second-order valence-corrected chi connectivity index (χ2v) is 4.09. The average molecular weight is 223 g/mol. The zero-order valence-electron chi connectivity index (χ0n) is 9.73. The highest BCUT2D eigenvalue weighted by Gasteiger charge is 2.35. The number of carboxylic acids is 1. The summed E-state index contributed by atoms with van der Waals surface area (Å²) in [7, 11) is 1.57. The smallest absolute Gasteiger partial charge is 0.324 e. The lowest BCUT2D eigenvalue weighted by atomic mass is 9.83. The standard InChI is InChI=1S/C12H17NO3/c1-8(12(2,13)11(14)15)9-5-4-6-10(7-9)16-3/h4-8H,13H2,1-3H3,(H,14,15). The third-order valence-electron chi connectivity index (χ3n) is 2.95. The van der Waals surface area contributed by atoms with Crippen LogP contribution in [-0.4, -0.2) is 23.7 Å². The van der Waals surface area contributed by atoms with E-state index in [2.05, 4.69) is 0 Å². The topological polar surface area (TPSA) is 72.5 Å². The van der Waals surface area contributed by atoms with E-state index in [9.17, 15) is 4.79 Å². The van der Waals surface area contributed by atoms with Gasteiger partial charge in [0.15, 0.2) is 0 Å². The number of carboxylic acid groups (broad SMARTS) is 1. The number of carbonyl (C=O) groups is 1. The molecule has 88 valence electrons. The van der Waals surface area contributed by atoms with E-state index in [0.717, 1.165) is 5.56 Å². The summed E-state index contributed by atoms with van der Waals surface area (Å²) < 4.78 is 5.09. The lowest BCUT2D eigenvalue weighted by Gasteiger charge is -2.27. The molecule has 0 aromatic heterocycles. The van der Waals surface area contributed by atoms with Gasteiger partial charge >= 0.3 is 5.97 Å². The summed E-state index contributed by atoms with van der Waals surface area (Å²) in [5.74, 6) is -0.603. The van der Waals surface area contributed by atoms with Crippen molar-refractivity contribution in [2.45, 2.75) is 25.3 Å². The first-order valence-corrected chi connectivity index (χ1v) is 5.05. The molecule has 0 aliphatic heterocycles. The van der Waals surface area contributed by atoms with E-state index in [-0.39, 0.29) is 5.92 Å². The van der Waals surface area contributed by atoms with Gasteiger partial charge in [-0.15, -0.1) is 0 Å². The van der Waals surface area contributed by atoms with Gasteiger partial charge in [-0.05, 0) is 24.6 Å². The Hall–Kier alpha value is -1.55. The van der Waals surface area contributed by atoms with Gasteiger partial charge in [0.2, 0.25) is 0 Å². The van der Waals surface area contributed by atoms with Gasteiger partial charge in [-0.3, -0.25) is 4.79 Å². The molecule has 0 saturated carbocycles. The lowest BCUT2D eigenvalue weighted by Crippen LogP contribution is -2.49. The van der Waals surface area contributed by atoms with Crippen molar-refractivity contribution < 1.29 is 14.6 Å². The van der Waals surface area contributed by atoms with E-state index in [1.807, 2.05) is 18.2 Å². The van der Waals surface area contributed by atoms with Crippen LogP contribution in [0.3, 0.4) is 0 Å². The summed E-state index contributed by atoms with van der Waals surface area (Å²) in [5, 5.41) is 9.04. The molecule has 2 unspecified atom stereocenters. The number of aliphatic carboxylic acids is 1. The largest absolute Gasteiger partial charge is 0.497 e. The normalized spacial score (nSPS) is 16.2. The quantitative estimate of drug-likeness (QED) is 0.813. The van der Waals surface area contributed by atoms with E-state index in [4.69, 9.17) is 15.6 Å². The van der Waals surface area contributed by atoms with Crippen molar-refractivity contribution in [1.82, 2.24) is 0 Å². The van der Waals surface area contributed by atoms with Crippen LogP contribution in [0.4, 0.5) is 0 Å². The summed E-state index contributed by atoms with van der Waals surface area (Å²) in [5.41, 5.74) is 5.35. The number of methoxy groups -OCH3 is 1. The van der Waals surface area contributed by atoms with Crippen LogP contribution in [-0.2, 0) is 4.79 Å². The van der Waals surface area contributed by atoms with E-state index in [0.29, 0.717) is 5.75 Å². The zero-order chi connectivity index (χ0) is 12.3. The third-order valence-corrected chi connectivity index (χ3v) is 2.95. The second-order valence-electron chi connectivity index (χ2n) is 4.09. The highest BCUT2D eigenvalue weighted by molar-refractivity contribution is 5.79. The van der Waals surface area contributed by atoms with Gasteiger partial charge in [-0.1, -0.05) is 19.1 Å². The summed E-state index contributed by atoms with van der Waals surface area (Å²) in [6.07, 6.45) is 0. The Labute approximate surface area is 95.0 Å². The minimum absolute atomic E-state index is 0.292. The fraction of sp³-hybridized carbons (Fsp3) is 0.417. The van der Waals surface area contributed by atoms with Crippen LogP contribution in [0.25, 0.3) is 0 Å². The van der Waals surface area contributed by atoms with Crippen molar-refractivity contribution in [2.24, 2.45) is 5.73 Å². The Morgan fingerprint density at radius 3 is 2.69 bits per heavy atom. The molecule has 0 radical (unpaired) electrons. The maximum Gasteiger partial charge on any atom is 0.324 e. The molecule has 0 heterocycles. The molecule has 16 heavy (non-hydrogen) atoms. The molecule has 4 nitrogen and oxygen atoms in total. The number of hydrogen-bond donors (Lipinski definition) is 2. The minimum atomic E-state index is -1.29. The zero-order valence-corrected chi connectivity index (χ0v) is 9.73. The Balaban J connectivity index is 3.04. The summed E-state index contributed by atoms with van der Waals surface area (Å²) >= 11 is 0. The first kappa shape index (κ1) is 12.5. The molecule has 2 atom stereocenters. The molecule has 0 spiro atoms. The van der Waals surface area contributed by atoms with Crippen LogP contribution >= 0.6 is 0 Å². The molecule has 0 amide bonds. The molecule has 0 saturated heterocycles. The number of rotatable bonds is 4. The van der Waals surface area contributed by atoms with Crippen molar-refractivity contribution in [3.8, 4) is 5.75 Å². The third kappa shape index (κ3) is 2.33. The van der Waals surface area contributed by atoms with Gasteiger partial charge in [0, 0.05) is 5.92 Å². The molecular weight excluding hydrogens is 206 g/mol. The lowest BCUT2D eigenvalue weighted by molar-refractivity contribution is -0.143. The van der Waals surface area contributed by atoms with Crippen molar-refractivity contribution in [3.63, 3.8) is 0 Å². The van der Waals surface area contributed by atoms with Crippen molar-refractivity contribution in [1.29, 1.82) is 0 Å². The molecule has 1 rings (SSSR count). The van der Waals surface area contributed by atoms with Gasteiger partial charge in [0.1, 0.15) is 11.3 Å². The molecule has 0 bridgehead atoms.